The number of ether oxygens (including phenoxy) is 2. The number of carbonyl (C=O) groups is 1. The van der Waals surface area contributed by atoms with Gasteiger partial charge in [0, 0.05) is 60.6 Å². The predicted octanol–water partition coefficient (Wildman–Crippen LogP) is 4.79. The normalized spacial score (nSPS) is 11.2. The Balaban J connectivity index is 1.28. The third kappa shape index (κ3) is 6.68. The number of hydrogen-bond acceptors (Lipinski definition) is 7. The summed E-state index contributed by atoms with van der Waals surface area (Å²) >= 11 is 0. The number of methoxy groups -OCH3 is 2. The van der Waals surface area contributed by atoms with Gasteiger partial charge in [-0.25, -0.2) is 4.98 Å². The smallest absolute Gasteiger partial charge is 0.273 e. The van der Waals surface area contributed by atoms with Gasteiger partial charge in [-0.05, 0) is 48.4 Å². The van der Waals surface area contributed by atoms with E-state index < -0.39 is 0 Å². The van der Waals surface area contributed by atoms with E-state index >= 15 is 0 Å². The second-order valence-electron chi connectivity index (χ2n) is 9.45. The third-order valence-electron chi connectivity index (χ3n) is 6.79. The maximum absolute atomic E-state index is 12.7. The van der Waals surface area contributed by atoms with Crippen LogP contribution >= 0.6 is 0 Å². The Bertz CT molecular complexity index is 1550. The number of H-pyrrole nitrogens is 1. The van der Waals surface area contributed by atoms with Gasteiger partial charge in [0.15, 0.2) is 5.69 Å². The fourth-order valence-corrected chi connectivity index (χ4v) is 4.70. The van der Waals surface area contributed by atoms with E-state index in [0.717, 1.165) is 41.2 Å². The largest absolute Gasteiger partial charge is 0.497 e. The van der Waals surface area contributed by atoms with E-state index in [1.807, 2.05) is 48.5 Å². The Labute approximate surface area is 233 Å². The maximum Gasteiger partial charge on any atom is 0.273 e. The SMILES string of the molecule is COc1ccc(OC)c(CN(CCc2c[nH]c3ccccc23)Cc2nc(C(=O)NCCc3ccccn3)co2)c1. The quantitative estimate of drug-likeness (QED) is 0.222. The van der Waals surface area contributed by atoms with Crippen molar-refractivity contribution in [2.24, 2.45) is 0 Å². The second-order valence-corrected chi connectivity index (χ2v) is 9.45. The minimum Gasteiger partial charge on any atom is -0.497 e. The van der Waals surface area contributed by atoms with Crippen molar-refractivity contribution in [2.75, 3.05) is 27.3 Å². The van der Waals surface area contributed by atoms with Gasteiger partial charge in [-0.3, -0.25) is 14.7 Å². The lowest BCUT2D eigenvalue weighted by atomic mass is 10.1. The van der Waals surface area contributed by atoms with E-state index in [1.54, 1.807) is 20.4 Å². The average molecular weight is 540 g/mol. The van der Waals surface area contributed by atoms with Gasteiger partial charge in [0.25, 0.3) is 5.91 Å². The molecule has 3 aromatic heterocycles. The molecule has 0 aliphatic carbocycles. The molecule has 0 unspecified atom stereocenters. The number of hydrogen-bond donors (Lipinski definition) is 2. The maximum atomic E-state index is 12.7. The first-order valence-corrected chi connectivity index (χ1v) is 13.2. The average Bonchev–Trinajstić information content (AvgIpc) is 3.63. The minimum atomic E-state index is -0.272. The van der Waals surface area contributed by atoms with E-state index in [0.29, 0.717) is 31.9 Å². The number of para-hydroxylation sites is 1. The Morgan fingerprint density at radius 2 is 1.88 bits per heavy atom. The van der Waals surface area contributed by atoms with Gasteiger partial charge >= 0.3 is 0 Å². The van der Waals surface area contributed by atoms with Gasteiger partial charge in [-0.1, -0.05) is 24.3 Å². The molecular weight excluding hydrogens is 506 g/mol. The molecule has 0 saturated heterocycles. The summed E-state index contributed by atoms with van der Waals surface area (Å²) in [5.41, 5.74) is 4.51. The van der Waals surface area contributed by atoms with Crippen molar-refractivity contribution < 1.29 is 18.7 Å². The molecule has 5 rings (SSSR count). The number of pyridine rings is 1. The lowest BCUT2D eigenvalue weighted by molar-refractivity contribution is 0.0949. The number of benzene rings is 2. The predicted molar refractivity (Wildman–Crippen MR) is 152 cm³/mol. The zero-order valence-electron chi connectivity index (χ0n) is 22.7. The van der Waals surface area contributed by atoms with Crippen molar-refractivity contribution in [3.05, 3.63) is 108 Å². The summed E-state index contributed by atoms with van der Waals surface area (Å²) in [6, 6.07) is 19.8. The summed E-state index contributed by atoms with van der Waals surface area (Å²) < 4.78 is 16.8. The number of aromatic nitrogens is 3. The Kier molecular flexibility index (Phi) is 8.73. The van der Waals surface area contributed by atoms with E-state index in [-0.39, 0.29) is 11.6 Å². The fourth-order valence-electron chi connectivity index (χ4n) is 4.70. The summed E-state index contributed by atoms with van der Waals surface area (Å²) in [4.78, 5) is 27.0. The lowest BCUT2D eigenvalue weighted by Gasteiger charge is -2.22. The number of nitrogens with zero attached hydrogens (tertiary/aromatic N) is 3. The van der Waals surface area contributed by atoms with Crippen LogP contribution < -0.4 is 14.8 Å². The van der Waals surface area contributed by atoms with Crippen LogP contribution in [-0.2, 0) is 25.9 Å². The van der Waals surface area contributed by atoms with E-state index in [4.69, 9.17) is 13.9 Å². The molecule has 2 N–H and O–H groups in total. The van der Waals surface area contributed by atoms with Crippen LogP contribution in [0.3, 0.4) is 0 Å². The molecular formula is C31H33N5O4. The molecule has 0 radical (unpaired) electrons. The summed E-state index contributed by atoms with van der Waals surface area (Å²) in [6.45, 7) is 2.20. The molecule has 9 nitrogen and oxygen atoms in total. The Morgan fingerprint density at radius 1 is 1.00 bits per heavy atom. The number of oxazole rings is 1. The van der Waals surface area contributed by atoms with Crippen molar-refractivity contribution in [1.29, 1.82) is 0 Å². The first-order valence-electron chi connectivity index (χ1n) is 13.2. The minimum absolute atomic E-state index is 0.256. The molecule has 40 heavy (non-hydrogen) atoms. The second kappa shape index (κ2) is 12.9. The highest BCUT2D eigenvalue weighted by Crippen LogP contribution is 2.26. The molecule has 206 valence electrons. The highest BCUT2D eigenvalue weighted by atomic mass is 16.5. The van der Waals surface area contributed by atoms with Crippen LogP contribution in [0.1, 0.15) is 33.2 Å². The number of aromatic amines is 1. The monoisotopic (exact) mass is 539 g/mol. The summed E-state index contributed by atoms with van der Waals surface area (Å²) in [5.74, 6) is 1.73. The molecule has 0 spiro atoms. The van der Waals surface area contributed by atoms with Gasteiger partial charge in [0.2, 0.25) is 5.89 Å². The molecule has 9 heteroatoms. The summed E-state index contributed by atoms with van der Waals surface area (Å²) in [7, 11) is 3.31. The molecule has 0 aliphatic heterocycles. The van der Waals surface area contributed by atoms with E-state index in [2.05, 4.69) is 43.5 Å². The van der Waals surface area contributed by atoms with Crippen LogP contribution in [0.15, 0.2) is 83.7 Å². The topological polar surface area (TPSA) is 106 Å². The van der Waals surface area contributed by atoms with Gasteiger partial charge in [-0.15, -0.1) is 0 Å². The van der Waals surface area contributed by atoms with Crippen LogP contribution in [0.5, 0.6) is 11.5 Å². The molecule has 3 heterocycles. The van der Waals surface area contributed by atoms with Crippen LogP contribution in [-0.4, -0.2) is 53.1 Å². The molecule has 0 aliphatic rings. The standard InChI is InChI=1S/C31H33N5O4/c1-38-25-10-11-29(39-2)23(17-25)19-36(16-13-22-18-34-27-9-4-3-8-26(22)27)20-30-35-28(21-40-30)31(37)33-15-12-24-7-5-6-14-32-24/h3-11,14,17-18,21,34H,12-13,15-16,19-20H2,1-2H3,(H,33,37). The first-order chi connectivity index (χ1) is 19.6. The van der Waals surface area contributed by atoms with Crippen LogP contribution in [0.25, 0.3) is 10.9 Å². The zero-order valence-corrected chi connectivity index (χ0v) is 22.7. The Morgan fingerprint density at radius 3 is 2.70 bits per heavy atom. The zero-order chi connectivity index (χ0) is 27.7. The molecule has 0 saturated carbocycles. The Hall–Kier alpha value is -4.63. The molecule has 0 atom stereocenters. The number of fused-ring (bicyclic) bond motifs is 1. The number of carbonyl (C=O) groups excluding carboxylic acids is 1. The van der Waals surface area contributed by atoms with E-state index in [9.17, 15) is 4.79 Å². The highest BCUT2D eigenvalue weighted by molar-refractivity contribution is 5.91. The van der Waals surface area contributed by atoms with Crippen molar-refractivity contribution >= 4 is 16.8 Å². The van der Waals surface area contributed by atoms with Crippen molar-refractivity contribution in [1.82, 2.24) is 25.2 Å². The molecule has 1 amide bonds. The van der Waals surface area contributed by atoms with Crippen LogP contribution in [0, 0.1) is 0 Å². The van der Waals surface area contributed by atoms with Crippen molar-refractivity contribution in [2.45, 2.75) is 25.9 Å². The molecule has 0 bridgehead atoms. The van der Waals surface area contributed by atoms with Gasteiger partial charge < -0.3 is 24.2 Å². The summed E-state index contributed by atoms with van der Waals surface area (Å²) in [6.07, 6.45) is 6.68. The van der Waals surface area contributed by atoms with Crippen LogP contribution in [0.2, 0.25) is 0 Å². The van der Waals surface area contributed by atoms with Crippen molar-refractivity contribution in [3.63, 3.8) is 0 Å². The van der Waals surface area contributed by atoms with Gasteiger partial charge in [0.1, 0.15) is 17.8 Å². The molecule has 0 fully saturated rings. The third-order valence-corrected chi connectivity index (χ3v) is 6.79. The number of amides is 1. The number of rotatable bonds is 13. The van der Waals surface area contributed by atoms with Gasteiger partial charge in [0.05, 0.1) is 20.8 Å². The highest BCUT2D eigenvalue weighted by Gasteiger charge is 2.18. The van der Waals surface area contributed by atoms with E-state index in [1.165, 1.54) is 17.2 Å². The molecule has 2 aromatic carbocycles. The number of nitrogens with one attached hydrogen (secondary N) is 2. The van der Waals surface area contributed by atoms with Crippen LogP contribution in [0.4, 0.5) is 0 Å². The summed E-state index contributed by atoms with van der Waals surface area (Å²) in [5, 5.41) is 4.10. The first kappa shape index (κ1) is 27.0. The fraction of sp³-hybridized carbons (Fsp3) is 0.258. The molecule has 5 aromatic rings. The van der Waals surface area contributed by atoms with Crippen molar-refractivity contribution in [3.8, 4) is 11.5 Å². The lowest BCUT2D eigenvalue weighted by Crippen LogP contribution is -2.27. The van der Waals surface area contributed by atoms with Gasteiger partial charge in [-0.2, -0.15) is 0 Å².